The highest BCUT2D eigenvalue weighted by Crippen LogP contribution is 2.25. The highest BCUT2D eigenvalue weighted by atomic mass is 19.1. The van der Waals surface area contributed by atoms with Gasteiger partial charge in [0.25, 0.3) is 0 Å². The van der Waals surface area contributed by atoms with E-state index in [-0.39, 0.29) is 5.82 Å². The SMILES string of the molecule is O=C1CCCC(Cc2ccccc2F)C1. The summed E-state index contributed by atoms with van der Waals surface area (Å²) in [4.78, 5) is 11.3. The fraction of sp³-hybridized carbons (Fsp3) is 0.462. The largest absolute Gasteiger partial charge is 0.300 e. The average molecular weight is 206 g/mol. The molecule has 0 aliphatic heterocycles. The maximum atomic E-state index is 13.4. The first-order valence-electron chi connectivity index (χ1n) is 5.51. The minimum atomic E-state index is -0.143. The van der Waals surface area contributed by atoms with E-state index in [4.69, 9.17) is 0 Å². The third-order valence-electron chi connectivity index (χ3n) is 3.05. The third kappa shape index (κ3) is 2.65. The van der Waals surface area contributed by atoms with Gasteiger partial charge in [-0.25, -0.2) is 4.39 Å². The molecule has 2 heteroatoms. The number of hydrogen-bond acceptors (Lipinski definition) is 1. The highest BCUT2D eigenvalue weighted by molar-refractivity contribution is 5.79. The molecule has 0 N–H and O–H groups in total. The van der Waals surface area contributed by atoms with Gasteiger partial charge in [-0.2, -0.15) is 0 Å². The van der Waals surface area contributed by atoms with Crippen LogP contribution in [-0.4, -0.2) is 5.78 Å². The molecule has 1 aromatic carbocycles. The Bertz CT molecular complexity index is 359. The maximum absolute atomic E-state index is 13.4. The molecule has 1 aromatic rings. The molecule has 0 amide bonds. The van der Waals surface area contributed by atoms with E-state index in [1.807, 2.05) is 12.1 Å². The van der Waals surface area contributed by atoms with E-state index in [1.165, 1.54) is 6.07 Å². The second-order valence-corrected chi connectivity index (χ2v) is 4.30. The van der Waals surface area contributed by atoms with Gasteiger partial charge in [-0.15, -0.1) is 0 Å². The lowest BCUT2D eigenvalue weighted by molar-refractivity contribution is -0.121. The van der Waals surface area contributed by atoms with E-state index in [2.05, 4.69) is 0 Å². The van der Waals surface area contributed by atoms with Gasteiger partial charge >= 0.3 is 0 Å². The summed E-state index contributed by atoms with van der Waals surface area (Å²) < 4.78 is 13.4. The van der Waals surface area contributed by atoms with Crippen molar-refractivity contribution in [1.82, 2.24) is 0 Å². The second-order valence-electron chi connectivity index (χ2n) is 4.30. The van der Waals surface area contributed by atoms with E-state index < -0.39 is 0 Å². The molecule has 2 rings (SSSR count). The van der Waals surface area contributed by atoms with Crippen molar-refractivity contribution in [3.05, 3.63) is 35.6 Å². The number of Topliss-reactive ketones (excluding diaryl/α,β-unsaturated/α-hetero) is 1. The third-order valence-corrected chi connectivity index (χ3v) is 3.05. The Morgan fingerprint density at radius 2 is 2.13 bits per heavy atom. The molecule has 0 bridgehead atoms. The van der Waals surface area contributed by atoms with E-state index in [0.717, 1.165) is 18.4 Å². The predicted molar refractivity (Wildman–Crippen MR) is 57.1 cm³/mol. The van der Waals surface area contributed by atoms with Crippen LogP contribution < -0.4 is 0 Å². The van der Waals surface area contributed by atoms with Gasteiger partial charge in [-0.3, -0.25) is 4.79 Å². The number of hydrogen-bond donors (Lipinski definition) is 0. The van der Waals surface area contributed by atoms with Gasteiger partial charge in [-0.05, 0) is 36.8 Å². The molecule has 0 radical (unpaired) electrons. The number of halogens is 1. The zero-order valence-electron chi connectivity index (χ0n) is 8.71. The van der Waals surface area contributed by atoms with Crippen LogP contribution in [0.2, 0.25) is 0 Å². The van der Waals surface area contributed by atoms with Crippen molar-refractivity contribution in [3.8, 4) is 0 Å². The molecule has 0 heterocycles. The van der Waals surface area contributed by atoms with Crippen LogP contribution in [0.15, 0.2) is 24.3 Å². The van der Waals surface area contributed by atoms with Crippen molar-refractivity contribution in [1.29, 1.82) is 0 Å². The van der Waals surface area contributed by atoms with Gasteiger partial charge in [0.1, 0.15) is 11.6 Å². The lowest BCUT2D eigenvalue weighted by Crippen LogP contribution is -2.17. The van der Waals surface area contributed by atoms with Crippen molar-refractivity contribution < 1.29 is 9.18 Å². The van der Waals surface area contributed by atoms with E-state index >= 15 is 0 Å². The Labute approximate surface area is 89.3 Å². The molecule has 1 nitrogen and oxygen atoms in total. The van der Waals surface area contributed by atoms with Crippen LogP contribution in [0.5, 0.6) is 0 Å². The van der Waals surface area contributed by atoms with Crippen LogP contribution in [0.3, 0.4) is 0 Å². The maximum Gasteiger partial charge on any atom is 0.133 e. The molecule has 1 unspecified atom stereocenters. The van der Waals surface area contributed by atoms with Crippen molar-refractivity contribution in [2.45, 2.75) is 32.1 Å². The Morgan fingerprint density at radius 3 is 2.87 bits per heavy atom. The summed E-state index contributed by atoms with van der Waals surface area (Å²) in [5.41, 5.74) is 0.747. The quantitative estimate of drug-likeness (QED) is 0.726. The molecule has 1 atom stereocenters. The lowest BCUT2D eigenvalue weighted by Gasteiger charge is -2.20. The summed E-state index contributed by atoms with van der Waals surface area (Å²) in [6, 6.07) is 6.85. The van der Waals surface area contributed by atoms with Crippen molar-refractivity contribution >= 4 is 5.78 Å². The first-order chi connectivity index (χ1) is 7.25. The molecule has 0 aromatic heterocycles. The molecule has 80 valence electrons. The Hall–Kier alpha value is -1.18. The van der Waals surface area contributed by atoms with Crippen LogP contribution in [0.1, 0.15) is 31.2 Å². The molecule has 1 fully saturated rings. The summed E-state index contributed by atoms with van der Waals surface area (Å²) in [7, 11) is 0. The van der Waals surface area contributed by atoms with Crippen LogP contribution >= 0.6 is 0 Å². The number of carbonyl (C=O) groups is 1. The standard InChI is InChI=1S/C13H15FO/c14-13-7-2-1-5-11(13)8-10-4-3-6-12(15)9-10/h1-2,5,7,10H,3-4,6,8-9H2. The van der Waals surface area contributed by atoms with Crippen LogP contribution in [0, 0.1) is 11.7 Å². The molecule has 0 spiro atoms. The first kappa shape index (κ1) is 10.3. The van der Waals surface area contributed by atoms with E-state index in [9.17, 15) is 9.18 Å². The topological polar surface area (TPSA) is 17.1 Å². The Balaban J connectivity index is 2.02. The fourth-order valence-electron chi connectivity index (χ4n) is 2.26. The number of benzene rings is 1. The fourth-order valence-corrected chi connectivity index (χ4v) is 2.26. The second kappa shape index (κ2) is 4.56. The Morgan fingerprint density at radius 1 is 1.33 bits per heavy atom. The van der Waals surface area contributed by atoms with Gasteiger partial charge in [-0.1, -0.05) is 18.2 Å². The molecule has 1 aliphatic carbocycles. The molecular weight excluding hydrogens is 191 g/mol. The minimum absolute atomic E-state index is 0.143. The zero-order chi connectivity index (χ0) is 10.7. The highest BCUT2D eigenvalue weighted by Gasteiger charge is 2.20. The lowest BCUT2D eigenvalue weighted by atomic mass is 9.84. The summed E-state index contributed by atoms with van der Waals surface area (Å²) in [5, 5.41) is 0. The number of rotatable bonds is 2. The molecule has 15 heavy (non-hydrogen) atoms. The van der Waals surface area contributed by atoms with E-state index in [0.29, 0.717) is 31.0 Å². The Kier molecular flexibility index (Phi) is 3.14. The predicted octanol–water partition coefficient (Wildman–Crippen LogP) is 3.13. The van der Waals surface area contributed by atoms with Gasteiger partial charge in [0.05, 0.1) is 0 Å². The van der Waals surface area contributed by atoms with Crippen LogP contribution in [-0.2, 0) is 11.2 Å². The van der Waals surface area contributed by atoms with E-state index in [1.54, 1.807) is 6.07 Å². The molecule has 1 aliphatic rings. The smallest absolute Gasteiger partial charge is 0.133 e. The normalized spacial score (nSPS) is 21.7. The summed E-state index contributed by atoms with van der Waals surface area (Å²) >= 11 is 0. The molecule has 1 saturated carbocycles. The van der Waals surface area contributed by atoms with Crippen LogP contribution in [0.4, 0.5) is 4.39 Å². The zero-order valence-corrected chi connectivity index (χ0v) is 8.71. The molecule has 0 saturated heterocycles. The molecular formula is C13H15FO. The van der Waals surface area contributed by atoms with Crippen molar-refractivity contribution in [2.75, 3.05) is 0 Å². The first-order valence-corrected chi connectivity index (χ1v) is 5.51. The van der Waals surface area contributed by atoms with Gasteiger partial charge < -0.3 is 0 Å². The van der Waals surface area contributed by atoms with Crippen molar-refractivity contribution in [3.63, 3.8) is 0 Å². The van der Waals surface area contributed by atoms with Crippen LogP contribution in [0.25, 0.3) is 0 Å². The monoisotopic (exact) mass is 206 g/mol. The summed E-state index contributed by atoms with van der Waals surface area (Å²) in [6.45, 7) is 0. The minimum Gasteiger partial charge on any atom is -0.300 e. The number of carbonyl (C=O) groups excluding carboxylic acids is 1. The average Bonchev–Trinajstić information content (AvgIpc) is 2.22. The summed E-state index contributed by atoms with van der Waals surface area (Å²) in [5.74, 6) is 0.543. The van der Waals surface area contributed by atoms with Gasteiger partial charge in [0.15, 0.2) is 0 Å². The van der Waals surface area contributed by atoms with Gasteiger partial charge in [0, 0.05) is 12.8 Å². The summed E-state index contributed by atoms with van der Waals surface area (Å²) in [6.07, 6.45) is 4.08. The van der Waals surface area contributed by atoms with Gasteiger partial charge in [0.2, 0.25) is 0 Å². The number of ketones is 1. The van der Waals surface area contributed by atoms with Crippen molar-refractivity contribution in [2.24, 2.45) is 5.92 Å².